The van der Waals surface area contributed by atoms with E-state index in [4.69, 9.17) is 0 Å². The third-order valence-electron chi connectivity index (χ3n) is 3.05. The normalized spacial score (nSPS) is 18.6. The number of H-pyrrole nitrogens is 1. The van der Waals surface area contributed by atoms with Gasteiger partial charge in [-0.1, -0.05) is 12.8 Å². The van der Waals surface area contributed by atoms with Gasteiger partial charge in [0.15, 0.2) is 5.69 Å². The van der Waals surface area contributed by atoms with Crippen LogP contribution in [0.1, 0.15) is 36.2 Å². The quantitative estimate of drug-likeness (QED) is 0.767. The molecular formula is C10H16N4O2. The van der Waals surface area contributed by atoms with Crippen LogP contribution < -0.4 is 0 Å². The Labute approximate surface area is 93.6 Å². The summed E-state index contributed by atoms with van der Waals surface area (Å²) < 4.78 is 0. The van der Waals surface area contributed by atoms with E-state index in [2.05, 4.69) is 15.4 Å². The second kappa shape index (κ2) is 4.21. The minimum atomic E-state index is -0.714. The number of aliphatic hydroxyl groups is 1. The molecular weight excluding hydrogens is 208 g/mol. The number of nitrogens with one attached hydrogen (secondary N) is 1. The smallest absolute Gasteiger partial charge is 0.275 e. The molecule has 1 aromatic heterocycles. The topological polar surface area (TPSA) is 82.1 Å². The third-order valence-corrected chi connectivity index (χ3v) is 3.05. The number of hydrogen-bond donors (Lipinski definition) is 2. The van der Waals surface area contributed by atoms with Crippen LogP contribution in [0.15, 0.2) is 6.20 Å². The van der Waals surface area contributed by atoms with Crippen molar-refractivity contribution < 1.29 is 9.90 Å². The van der Waals surface area contributed by atoms with Gasteiger partial charge in [0.25, 0.3) is 5.91 Å². The highest BCUT2D eigenvalue weighted by Gasteiger charge is 2.33. The van der Waals surface area contributed by atoms with Gasteiger partial charge in [0, 0.05) is 13.6 Å². The van der Waals surface area contributed by atoms with E-state index in [1.807, 2.05) is 0 Å². The number of hydrogen-bond acceptors (Lipinski definition) is 4. The molecule has 1 saturated carbocycles. The summed E-state index contributed by atoms with van der Waals surface area (Å²) in [5, 5.41) is 19.9. The van der Waals surface area contributed by atoms with Crippen LogP contribution in [0.3, 0.4) is 0 Å². The van der Waals surface area contributed by atoms with Gasteiger partial charge in [-0.05, 0) is 12.8 Å². The van der Waals surface area contributed by atoms with E-state index >= 15 is 0 Å². The molecule has 1 aromatic rings. The van der Waals surface area contributed by atoms with Gasteiger partial charge in [-0.2, -0.15) is 15.4 Å². The second-order valence-corrected chi connectivity index (χ2v) is 4.45. The van der Waals surface area contributed by atoms with Crippen LogP contribution in [0.4, 0.5) is 0 Å². The summed E-state index contributed by atoms with van der Waals surface area (Å²) in [4.78, 5) is 13.3. The Bertz CT molecular complexity index is 357. The van der Waals surface area contributed by atoms with Gasteiger partial charge in [-0.15, -0.1) is 0 Å². The van der Waals surface area contributed by atoms with Crippen molar-refractivity contribution in [3.8, 4) is 0 Å². The first kappa shape index (κ1) is 11.1. The number of aromatic amines is 1. The lowest BCUT2D eigenvalue weighted by atomic mass is 10.0. The molecule has 1 fully saturated rings. The Morgan fingerprint density at radius 1 is 1.62 bits per heavy atom. The summed E-state index contributed by atoms with van der Waals surface area (Å²) in [6.07, 6.45) is 4.98. The SMILES string of the molecule is CN(CC1(O)CCCC1)C(=O)c1cn[nH]n1. The molecule has 0 aromatic carbocycles. The molecule has 0 atom stereocenters. The number of rotatable bonds is 3. The first-order valence-electron chi connectivity index (χ1n) is 5.44. The molecule has 1 amide bonds. The fourth-order valence-corrected chi connectivity index (χ4v) is 2.20. The van der Waals surface area contributed by atoms with E-state index in [-0.39, 0.29) is 11.6 Å². The van der Waals surface area contributed by atoms with E-state index in [9.17, 15) is 9.90 Å². The lowest BCUT2D eigenvalue weighted by molar-refractivity contribution is 0.0155. The molecule has 1 aliphatic carbocycles. The number of carbonyl (C=O) groups is 1. The Balaban J connectivity index is 1.97. The van der Waals surface area contributed by atoms with Crippen molar-refractivity contribution in [2.45, 2.75) is 31.3 Å². The van der Waals surface area contributed by atoms with Crippen molar-refractivity contribution >= 4 is 5.91 Å². The van der Waals surface area contributed by atoms with Gasteiger partial charge in [0.2, 0.25) is 0 Å². The predicted molar refractivity (Wildman–Crippen MR) is 56.8 cm³/mol. The highest BCUT2D eigenvalue weighted by Crippen LogP contribution is 2.30. The van der Waals surface area contributed by atoms with Crippen LogP contribution in [-0.2, 0) is 0 Å². The van der Waals surface area contributed by atoms with E-state index in [1.165, 1.54) is 11.1 Å². The molecule has 0 aliphatic heterocycles. The van der Waals surface area contributed by atoms with Crippen molar-refractivity contribution in [3.05, 3.63) is 11.9 Å². The average molecular weight is 224 g/mol. The Hall–Kier alpha value is -1.43. The van der Waals surface area contributed by atoms with Crippen LogP contribution in [0, 0.1) is 0 Å². The number of nitrogens with zero attached hydrogens (tertiary/aromatic N) is 3. The zero-order chi connectivity index (χ0) is 11.6. The van der Waals surface area contributed by atoms with Crippen molar-refractivity contribution in [1.82, 2.24) is 20.3 Å². The predicted octanol–water partition coefficient (Wildman–Crippen LogP) is 0.182. The van der Waals surface area contributed by atoms with Gasteiger partial charge in [-0.3, -0.25) is 4.79 Å². The molecule has 6 nitrogen and oxygen atoms in total. The van der Waals surface area contributed by atoms with Crippen LogP contribution in [-0.4, -0.2) is 50.5 Å². The van der Waals surface area contributed by atoms with E-state index in [0.717, 1.165) is 25.7 Å². The minimum Gasteiger partial charge on any atom is -0.388 e. The van der Waals surface area contributed by atoms with Crippen molar-refractivity contribution in [2.75, 3.05) is 13.6 Å². The summed E-state index contributed by atoms with van der Waals surface area (Å²) in [6.45, 7) is 0.360. The van der Waals surface area contributed by atoms with Crippen molar-refractivity contribution in [2.24, 2.45) is 0 Å². The summed E-state index contributed by atoms with van der Waals surface area (Å²) in [5.41, 5.74) is -0.433. The van der Waals surface area contributed by atoms with E-state index in [0.29, 0.717) is 6.54 Å². The van der Waals surface area contributed by atoms with Gasteiger partial charge in [0.1, 0.15) is 0 Å². The van der Waals surface area contributed by atoms with Crippen LogP contribution in [0.25, 0.3) is 0 Å². The van der Waals surface area contributed by atoms with Crippen LogP contribution in [0.5, 0.6) is 0 Å². The van der Waals surface area contributed by atoms with E-state index < -0.39 is 5.60 Å². The maximum Gasteiger partial charge on any atom is 0.275 e. The third kappa shape index (κ3) is 2.21. The molecule has 2 rings (SSSR count). The molecule has 1 heterocycles. The standard InChI is InChI=1S/C10H16N4O2/c1-14(7-10(16)4-2-3-5-10)9(15)8-6-11-13-12-8/h6,16H,2-5,7H2,1H3,(H,11,12,13). The van der Waals surface area contributed by atoms with Crippen LogP contribution >= 0.6 is 0 Å². The van der Waals surface area contributed by atoms with Gasteiger partial charge < -0.3 is 10.0 Å². The monoisotopic (exact) mass is 224 g/mol. The fourth-order valence-electron chi connectivity index (χ4n) is 2.20. The highest BCUT2D eigenvalue weighted by atomic mass is 16.3. The molecule has 16 heavy (non-hydrogen) atoms. The largest absolute Gasteiger partial charge is 0.388 e. The fraction of sp³-hybridized carbons (Fsp3) is 0.700. The summed E-state index contributed by atoms with van der Waals surface area (Å²) in [5.74, 6) is -0.214. The van der Waals surface area contributed by atoms with E-state index in [1.54, 1.807) is 7.05 Å². The lowest BCUT2D eigenvalue weighted by Gasteiger charge is -2.28. The number of carbonyl (C=O) groups excluding carboxylic acids is 1. The van der Waals surface area contributed by atoms with Crippen molar-refractivity contribution in [3.63, 3.8) is 0 Å². The first-order chi connectivity index (χ1) is 7.61. The first-order valence-corrected chi connectivity index (χ1v) is 5.44. The summed E-state index contributed by atoms with van der Waals surface area (Å²) in [7, 11) is 1.67. The molecule has 1 aliphatic rings. The molecule has 6 heteroatoms. The Morgan fingerprint density at radius 3 is 2.88 bits per heavy atom. The zero-order valence-electron chi connectivity index (χ0n) is 9.31. The van der Waals surface area contributed by atoms with Gasteiger partial charge >= 0.3 is 0 Å². The molecule has 0 bridgehead atoms. The number of amides is 1. The van der Waals surface area contributed by atoms with Gasteiger partial charge in [-0.25, -0.2) is 0 Å². The average Bonchev–Trinajstić information content (AvgIpc) is 2.87. The molecule has 0 radical (unpaired) electrons. The lowest BCUT2D eigenvalue weighted by Crippen LogP contribution is -2.42. The molecule has 0 saturated heterocycles. The van der Waals surface area contributed by atoms with Gasteiger partial charge in [0.05, 0.1) is 11.8 Å². The molecule has 2 N–H and O–H groups in total. The summed E-state index contributed by atoms with van der Waals surface area (Å²) in [6, 6.07) is 0. The highest BCUT2D eigenvalue weighted by molar-refractivity contribution is 5.91. The van der Waals surface area contributed by atoms with Crippen LogP contribution in [0.2, 0.25) is 0 Å². The molecule has 0 unspecified atom stereocenters. The molecule has 0 spiro atoms. The van der Waals surface area contributed by atoms with Crippen molar-refractivity contribution in [1.29, 1.82) is 0 Å². The second-order valence-electron chi connectivity index (χ2n) is 4.45. The number of likely N-dealkylation sites (N-methyl/N-ethyl adjacent to an activating group) is 1. The minimum absolute atomic E-state index is 0.214. The number of aromatic nitrogens is 3. The maximum absolute atomic E-state index is 11.8. The maximum atomic E-state index is 11.8. The Kier molecular flexibility index (Phi) is 2.91. The zero-order valence-corrected chi connectivity index (χ0v) is 9.31. The summed E-state index contributed by atoms with van der Waals surface area (Å²) >= 11 is 0. The Morgan fingerprint density at radius 2 is 2.31 bits per heavy atom. The molecule has 88 valence electrons.